The fourth-order valence-electron chi connectivity index (χ4n) is 3.92. The molecule has 0 radical (unpaired) electrons. The number of hydrogen-bond donors (Lipinski definition) is 0. The van der Waals surface area contributed by atoms with Crippen LogP contribution in [0.1, 0.15) is 12.8 Å². The number of carbonyl (C=O) groups is 1. The number of nitrogens with zero attached hydrogens (tertiary/aromatic N) is 7. The molecular formula is C18H25N7O3S. The van der Waals surface area contributed by atoms with Crippen molar-refractivity contribution in [3.05, 3.63) is 30.9 Å². The Hall–Kier alpha value is -2.53. The number of aromatic nitrogens is 4. The Balaban J connectivity index is 1.41. The smallest absolute Gasteiger partial charge is 0.227 e. The Kier molecular flexibility index (Phi) is 5.50. The van der Waals surface area contributed by atoms with Gasteiger partial charge in [-0.2, -0.15) is 9.40 Å². The molecule has 0 spiro atoms. The molecule has 0 saturated carbocycles. The van der Waals surface area contributed by atoms with E-state index in [1.54, 1.807) is 15.8 Å². The third-order valence-electron chi connectivity index (χ3n) is 5.49. The number of piperidine rings is 1. The normalized spacial score (nSPS) is 21.3. The van der Waals surface area contributed by atoms with Crippen LogP contribution in [0.3, 0.4) is 0 Å². The van der Waals surface area contributed by atoms with Gasteiger partial charge in [-0.15, -0.1) is 0 Å². The molecule has 156 valence electrons. The summed E-state index contributed by atoms with van der Waals surface area (Å²) < 4.78 is 26.5. The van der Waals surface area contributed by atoms with Gasteiger partial charge in [0, 0.05) is 57.7 Å². The van der Waals surface area contributed by atoms with Crippen molar-refractivity contribution in [1.82, 2.24) is 29.0 Å². The minimum absolute atomic E-state index is 0.101. The van der Waals surface area contributed by atoms with Crippen LogP contribution >= 0.6 is 0 Å². The Bertz CT molecular complexity index is 956. The standard InChI is InChI=1S/C18H25N7O3S/c1-29(27,28)24-10-8-22(9-11-24)18(26)15-4-2-6-23(13-15)16-12-17(20-14-19-16)25-7-3-5-21-25/h3,5,7,12,14-15H,2,4,6,8-11,13H2,1H3/t15-/m1/s1. The Morgan fingerprint density at radius 3 is 2.55 bits per heavy atom. The van der Waals surface area contributed by atoms with Crippen LogP contribution in [-0.4, -0.2) is 88.8 Å². The van der Waals surface area contributed by atoms with Gasteiger partial charge in [0.15, 0.2) is 5.82 Å². The van der Waals surface area contributed by atoms with Gasteiger partial charge in [-0.05, 0) is 18.9 Å². The van der Waals surface area contributed by atoms with Crippen LogP contribution < -0.4 is 4.90 Å². The lowest BCUT2D eigenvalue weighted by atomic mass is 9.96. The Morgan fingerprint density at radius 1 is 1.10 bits per heavy atom. The molecule has 2 saturated heterocycles. The zero-order valence-corrected chi connectivity index (χ0v) is 17.2. The molecule has 0 aliphatic carbocycles. The van der Waals surface area contributed by atoms with E-state index in [0.717, 1.165) is 25.2 Å². The van der Waals surface area contributed by atoms with Crippen molar-refractivity contribution in [2.45, 2.75) is 12.8 Å². The molecule has 10 nitrogen and oxygen atoms in total. The molecule has 0 N–H and O–H groups in total. The number of hydrogen-bond acceptors (Lipinski definition) is 7. The first kappa shape index (κ1) is 19.8. The summed E-state index contributed by atoms with van der Waals surface area (Å²) in [6.45, 7) is 3.04. The third-order valence-corrected chi connectivity index (χ3v) is 6.79. The molecule has 0 aromatic carbocycles. The van der Waals surface area contributed by atoms with Crippen LogP contribution in [0.25, 0.3) is 5.82 Å². The lowest BCUT2D eigenvalue weighted by Crippen LogP contribution is -2.53. The summed E-state index contributed by atoms with van der Waals surface area (Å²) in [5.41, 5.74) is 0. The maximum atomic E-state index is 13.0. The number of amides is 1. The lowest BCUT2D eigenvalue weighted by Gasteiger charge is -2.38. The molecule has 1 amide bonds. The average Bonchev–Trinajstić information content (AvgIpc) is 3.28. The molecule has 1 atom stereocenters. The second-order valence-corrected chi connectivity index (χ2v) is 9.44. The minimum atomic E-state index is -3.20. The summed E-state index contributed by atoms with van der Waals surface area (Å²) in [4.78, 5) is 25.6. The second kappa shape index (κ2) is 8.07. The van der Waals surface area contributed by atoms with Crippen molar-refractivity contribution in [3.8, 4) is 5.82 Å². The zero-order valence-electron chi connectivity index (χ0n) is 16.4. The van der Waals surface area contributed by atoms with E-state index in [0.29, 0.717) is 38.5 Å². The molecule has 0 bridgehead atoms. The quantitative estimate of drug-likeness (QED) is 0.686. The van der Waals surface area contributed by atoms with E-state index in [1.807, 2.05) is 18.3 Å². The molecule has 2 fully saturated rings. The molecule has 4 heterocycles. The first-order valence-electron chi connectivity index (χ1n) is 9.73. The molecular weight excluding hydrogens is 394 g/mol. The van der Waals surface area contributed by atoms with Crippen molar-refractivity contribution in [3.63, 3.8) is 0 Å². The summed E-state index contributed by atoms with van der Waals surface area (Å²) >= 11 is 0. The van der Waals surface area contributed by atoms with E-state index in [1.165, 1.54) is 16.9 Å². The number of rotatable bonds is 4. The van der Waals surface area contributed by atoms with Crippen molar-refractivity contribution in [2.24, 2.45) is 5.92 Å². The van der Waals surface area contributed by atoms with Crippen LogP contribution in [0.5, 0.6) is 0 Å². The summed E-state index contributed by atoms with van der Waals surface area (Å²) in [6.07, 6.45) is 7.98. The highest BCUT2D eigenvalue weighted by Gasteiger charge is 2.33. The number of sulfonamides is 1. The van der Waals surface area contributed by atoms with Gasteiger partial charge in [0.1, 0.15) is 12.1 Å². The maximum absolute atomic E-state index is 13.0. The molecule has 0 unspecified atom stereocenters. The predicted octanol–water partition coefficient (Wildman–Crippen LogP) is -0.0175. The average molecular weight is 420 g/mol. The van der Waals surface area contributed by atoms with Crippen LogP contribution in [0.15, 0.2) is 30.9 Å². The number of anilines is 1. The summed E-state index contributed by atoms with van der Waals surface area (Å²) in [7, 11) is -3.20. The van der Waals surface area contributed by atoms with Gasteiger partial charge in [0.05, 0.1) is 12.2 Å². The highest BCUT2D eigenvalue weighted by atomic mass is 32.2. The van der Waals surface area contributed by atoms with Gasteiger partial charge in [0.25, 0.3) is 0 Å². The van der Waals surface area contributed by atoms with Crippen LogP contribution in [0.2, 0.25) is 0 Å². The molecule has 2 aromatic heterocycles. The van der Waals surface area contributed by atoms with Gasteiger partial charge in [-0.3, -0.25) is 4.79 Å². The Labute approximate surface area is 170 Å². The van der Waals surface area contributed by atoms with Gasteiger partial charge in [0.2, 0.25) is 15.9 Å². The number of piperazine rings is 1. The number of carbonyl (C=O) groups excluding carboxylic acids is 1. The zero-order chi connectivity index (χ0) is 20.4. The first-order valence-corrected chi connectivity index (χ1v) is 11.6. The molecule has 2 aliphatic rings. The third kappa shape index (κ3) is 4.40. The topological polar surface area (TPSA) is 105 Å². The minimum Gasteiger partial charge on any atom is -0.356 e. The summed E-state index contributed by atoms with van der Waals surface area (Å²) in [5, 5.41) is 4.20. The van der Waals surface area contributed by atoms with Gasteiger partial charge >= 0.3 is 0 Å². The fourth-order valence-corrected chi connectivity index (χ4v) is 4.75. The van der Waals surface area contributed by atoms with Crippen LogP contribution in [0.4, 0.5) is 5.82 Å². The van der Waals surface area contributed by atoms with E-state index in [-0.39, 0.29) is 11.8 Å². The molecule has 4 rings (SSSR count). The lowest BCUT2D eigenvalue weighted by molar-refractivity contribution is -0.137. The van der Waals surface area contributed by atoms with Crippen LogP contribution in [-0.2, 0) is 14.8 Å². The van der Waals surface area contributed by atoms with Gasteiger partial charge < -0.3 is 9.80 Å². The van der Waals surface area contributed by atoms with Crippen molar-refractivity contribution in [2.75, 3.05) is 50.4 Å². The monoisotopic (exact) mass is 419 g/mol. The molecule has 2 aliphatic heterocycles. The van der Waals surface area contributed by atoms with E-state index < -0.39 is 10.0 Å². The summed E-state index contributed by atoms with van der Waals surface area (Å²) in [5.74, 6) is 1.45. The molecule has 29 heavy (non-hydrogen) atoms. The first-order chi connectivity index (χ1) is 13.9. The van der Waals surface area contributed by atoms with Crippen molar-refractivity contribution in [1.29, 1.82) is 0 Å². The highest BCUT2D eigenvalue weighted by molar-refractivity contribution is 7.88. The van der Waals surface area contributed by atoms with E-state index in [9.17, 15) is 13.2 Å². The molecule has 2 aromatic rings. The highest BCUT2D eigenvalue weighted by Crippen LogP contribution is 2.24. The maximum Gasteiger partial charge on any atom is 0.227 e. The Morgan fingerprint density at radius 2 is 1.86 bits per heavy atom. The van der Waals surface area contributed by atoms with Crippen molar-refractivity contribution >= 4 is 21.7 Å². The van der Waals surface area contributed by atoms with Crippen LogP contribution in [0, 0.1) is 5.92 Å². The van der Waals surface area contributed by atoms with E-state index in [4.69, 9.17) is 0 Å². The molecule has 11 heteroatoms. The van der Waals surface area contributed by atoms with Gasteiger partial charge in [-0.25, -0.2) is 23.1 Å². The predicted molar refractivity (Wildman–Crippen MR) is 107 cm³/mol. The second-order valence-electron chi connectivity index (χ2n) is 7.46. The van der Waals surface area contributed by atoms with E-state index >= 15 is 0 Å². The van der Waals surface area contributed by atoms with E-state index in [2.05, 4.69) is 20.0 Å². The largest absolute Gasteiger partial charge is 0.356 e. The van der Waals surface area contributed by atoms with Crippen molar-refractivity contribution < 1.29 is 13.2 Å². The fraction of sp³-hybridized carbons (Fsp3) is 0.556. The van der Waals surface area contributed by atoms with Gasteiger partial charge in [-0.1, -0.05) is 0 Å². The SMILES string of the molecule is CS(=O)(=O)N1CCN(C(=O)[C@@H]2CCCN(c3cc(-n4cccn4)ncn3)C2)CC1. The summed E-state index contributed by atoms with van der Waals surface area (Å²) in [6, 6.07) is 3.71.